The first kappa shape index (κ1) is 34.4. The Balaban J connectivity index is 1.47. The normalized spacial score (nSPS) is 16.8. The molecule has 246 valence electrons. The molecule has 1 fully saturated rings. The second kappa shape index (κ2) is 15.2. The van der Waals surface area contributed by atoms with Gasteiger partial charge in [0.05, 0.1) is 6.04 Å². The van der Waals surface area contributed by atoms with Crippen LogP contribution in [0.3, 0.4) is 0 Å². The van der Waals surface area contributed by atoms with Gasteiger partial charge in [-0.15, -0.1) is 0 Å². The SMILES string of the molecule is CC(C)[C@H](NC(=O)COc1cccc2cnccc12)C(=O)N[C@@H](Cc1ccccc1)[C@H](O)C(=O)N1CCC[C@H]1C(=O)NC(C)(C)C. The summed E-state index contributed by atoms with van der Waals surface area (Å²) in [5.41, 5.74) is 0.316. The summed E-state index contributed by atoms with van der Waals surface area (Å²) in [5.74, 6) is -1.75. The van der Waals surface area contributed by atoms with E-state index >= 15 is 0 Å². The number of nitrogens with zero attached hydrogens (tertiary/aromatic N) is 2. The summed E-state index contributed by atoms with van der Waals surface area (Å²) in [4.78, 5) is 58.9. The molecule has 4 amide bonds. The van der Waals surface area contributed by atoms with Crippen molar-refractivity contribution >= 4 is 34.4 Å². The van der Waals surface area contributed by atoms with Crippen molar-refractivity contribution in [2.75, 3.05) is 13.2 Å². The Kier molecular flexibility index (Phi) is 11.3. The number of fused-ring (bicyclic) bond motifs is 1. The molecule has 11 nitrogen and oxygen atoms in total. The van der Waals surface area contributed by atoms with Crippen molar-refractivity contribution in [2.45, 2.75) is 83.6 Å². The Bertz CT molecular complexity index is 1520. The number of rotatable bonds is 12. The zero-order valence-electron chi connectivity index (χ0n) is 27.2. The summed E-state index contributed by atoms with van der Waals surface area (Å²) in [5, 5.41) is 21.6. The van der Waals surface area contributed by atoms with E-state index in [0.717, 1.165) is 16.3 Å². The van der Waals surface area contributed by atoms with Gasteiger partial charge in [0.2, 0.25) is 11.8 Å². The van der Waals surface area contributed by atoms with E-state index in [-0.39, 0.29) is 24.9 Å². The van der Waals surface area contributed by atoms with Gasteiger partial charge in [0, 0.05) is 35.2 Å². The number of carbonyl (C=O) groups is 4. The number of nitrogens with one attached hydrogen (secondary N) is 3. The molecule has 0 saturated carbocycles. The zero-order chi connectivity index (χ0) is 33.4. The van der Waals surface area contributed by atoms with Gasteiger partial charge in [-0.2, -0.15) is 0 Å². The highest BCUT2D eigenvalue weighted by atomic mass is 16.5. The van der Waals surface area contributed by atoms with E-state index in [2.05, 4.69) is 20.9 Å². The van der Waals surface area contributed by atoms with Crippen LogP contribution < -0.4 is 20.7 Å². The van der Waals surface area contributed by atoms with Crippen molar-refractivity contribution in [3.63, 3.8) is 0 Å². The molecule has 11 heteroatoms. The molecule has 0 radical (unpaired) electrons. The molecule has 0 spiro atoms. The quantitative estimate of drug-likeness (QED) is 0.240. The Morgan fingerprint density at radius 3 is 2.46 bits per heavy atom. The molecule has 3 aromatic rings. The molecule has 0 aliphatic carbocycles. The minimum atomic E-state index is -1.63. The smallest absolute Gasteiger partial charge is 0.258 e. The number of amides is 4. The van der Waals surface area contributed by atoms with Crippen LogP contribution in [-0.4, -0.2) is 81.5 Å². The number of likely N-dealkylation sites (tertiary alicyclic amines) is 1. The number of pyridine rings is 1. The maximum Gasteiger partial charge on any atom is 0.258 e. The fourth-order valence-electron chi connectivity index (χ4n) is 5.59. The lowest BCUT2D eigenvalue weighted by Gasteiger charge is -2.33. The minimum Gasteiger partial charge on any atom is -0.483 e. The van der Waals surface area contributed by atoms with E-state index in [9.17, 15) is 24.3 Å². The topological polar surface area (TPSA) is 150 Å². The number of benzene rings is 2. The van der Waals surface area contributed by atoms with E-state index in [4.69, 9.17) is 4.74 Å². The van der Waals surface area contributed by atoms with Crippen molar-refractivity contribution in [3.8, 4) is 5.75 Å². The van der Waals surface area contributed by atoms with Gasteiger partial charge >= 0.3 is 0 Å². The summed E-state index contributed by atoms with van der Waals surface area (Å²) in [6.45, 7) is 9.18. The van der Waals surface area contributed by atoms with Crippen molar-refractivity contribution < 1.29 is 29.0 Å². The number of hydrogen-bond acceptors (Lipinski definition) is 7. The second-order valence-electron chi connectivity index (χ2n) is 13.1. The predicted molar refractivity (Wildman–Crippen MR) is 175 cm³/mol. The third kappa shape index (κ3) is 9.03. The van der Waals surface area contributed by atoms with Gasteiger partial charge in [0.15, 0.2) is 12.7 Å². The lowest BCUT2D eigenvalue weighted by atomic mass is 9.97. The monoisotopic (exact) mass is 631 g/mol. The molecular formula is C35H45N5O6. The first-order valence-electron chi connectivity index (χ1n) is 15.7. The predicted octanol–water partition coefficient (Wildman–Crippen LogP) is 2.75. The van der Waals surface area contributed by atoms with Gasteiger partial charge in [0.1, 0.15) is 17.8 Å². The maximum absolute atomic E-state index is 13.7. The molecule has 4 rings (SSSR count). The van der Waals surface area contributed by atoms with Crippen molar-refractivity contribution in [1.29, 1.82) is 0 Å². The molecule has 0 bridgehead atoms. The van der Waals surface area contributed by atoms with Crippen LogP contribution in [-0.2, 0) is 25.6 Å². The number of ether oxygens (including phenoxy) is 1. The summed E-state index contributed by atoms with van der Waals surface area (Å²) >= 11 is 0. The molecule has 1 aliphatic heterocycles. The van der Waals surface area contributed by atoms with Crippen LogP contribution in [0.15, 0.2) is 67.0 Å². The molecular weight excluding hydrogens is 586 g/mol. The van der Waals surface area contributed by atoms with Gasteiger partial charge in [-0.05, 0) is 63.6 Å². The van der Waals surface area contributed by atoms with E-state index in [1.807, 2.05) is 63.2 Å². The summed E-state index contributed by atoms with van der Waals surface area (Å²) in [6.07, 6.45) is 2.98. The standard InChI is InChI=1S/C35H45N5O6/c1-22(2)30(38-29(41)21-46-28-15-9-13-24-20-36-17-16-25(24)28)33(44)37-26(19-23-11-7-6-8-12-23)31(42)34(45)40-18-10-14-27(40)32(43)39-35(3,4)5/h6-9,11-13,15-17,20,22,26-27,30-31,42H,10,14,18-19,21H2,1-5H3,(H,37,44)(H,38,41)(H,39,43)/t26-,27-,30-,31-/m0/s1. The number of aliphatic hydroxyl groups is 1. The van der Waals surface area contributed by atoms with Crippen LogP contribution in [0.25, 0.3) is 10.8 Å². The van der Waals surface area contributed by atoms with Crippen LogP contribution in [0, 0.1) is 5.92 Å². The number of carbonyl (C=O) groups excluding carboxylic acids is 4. The van der Waals surface area contributed by atoms with Gasteiger partial charge in [-0.3, -0.25) is 24.2 Å². The average molecular weight is 632 g/mol. The van der Waals surface area contributed by atoms with Gasteiger partial charge in [-0.1, -0.05) is 56.3 Å². The van der Waals surface area contributed by atoms with Crippen LogP contribution in [0.1, 0.15) is 53.0 Å². The van der Waals surface area contributed by atoms with E-state index in [1.165, 1.54) is 4.90 Å². The third-order valence-electron chi connectivity index (χ3n) is 7.86. The highest BCUT2D eigenvalue weighted by Gasteiger charge is 2.41. The third-order valence-corrected chi connectivity index (χ3v) is 7.86. The van der Waals surface area contributed by atoms with E-state index < -0.39 is 47.5 Å². The average Bonchev–Trinajstić information content (AvgIpc) is 3.51. The molecule has 4 atom stereocenters. The highest BCUT2D eigenvalue weighted by molar-refractivity contribution is 5.92. The minimum absolute atomic E-state index is 0.157. The van der Waals surface area contributed by atoms with Crippen LogP contribution in [0.2, 0.25) is 0 Å². The largest absolute Gasteiger partial charge is 0.483 e. The molecule has 0 unspecified atom stereocenters. The maximum atomic E-state index is 13.7. The Morgan fingerprint density at radius 1 is 1.02 bits per heavy atom. The summed E-state index contributed by atoms with van der Waals surface area (Å²) in [6, 6.07) is 13.8. The van der Waals surface area contributed by atoms with Crippen LogP contribution in [0.4, 0.5) is 0 Å². The number of aliphatic hydroxyl groups excluding tert-OH is 1. The van der Waals surface area contributed by atoms with E-state index in [0.29, 0.717) is 25.1 Å². The first-order chi connectivity index (χ1) is 21.8. The Hall–Kier alpha value is -4.51. The summed E-state index contributed by atoms with van der Waals surface area (Å²) < 4.78 is 5.79. The molecule has 2 heterocycles. The second-order valence-corrected chi connectivity index (χ2v) is 13.1. The van der Waals surface area contributed by atoms with Crippen molar-refractivity contribution in [3.05, 3.63) is 72.6 Å². The highest BCUT2D eigenvalue weighted by Crippen LogP contribution is 2.24. The lowest BCUT2D eigenvalue weighted by molar-refractivity contribution is -0.147. The fourth-order valence-corrected chi connectivity index (χ4v) is 5.59. The van der Waals surface area contributed by atoms with Crippen molar-refractivity contribution in [2.24, 2.45) is 5.92 Å². The molecule has 2 aromatic carbocycles. The first-order valence-corrected chi connectivity index (χ1v) is 15.7. The molecule has 1 aliphatic rings. The Morgan fingerprint density at radius 2 is 1.76 bits per heavy atom. The van der Waals surface area contributed by atoms with E-state index in [1.54, 1.807) is 38.4 Å². The molecule has 1 aromatic heterocycles. The van der Waals surface area contributed by atoms with Gasteiger partial charge in [-0.25, -0.2) is 0 Å². The van der Waals surface area contributed by atoms with Crippen LogP contribution in [0.5, 0.6) is 5.75 Å². The lowest BCUT2D eigenvalue weighted by Crippen LogP contribution is -2.59. The fraction of sp³-hybridized carbons (Fsp3) is 0.457. The van der Waals surface area contributed by atoms with Crippen molar-refractivity contribution in [1.82, 2.24) is 25.8 Å². The Labute approximate surface area is 270 Å². The molecule has 1 saturated heterocycles. The number of aromatic nitrogens is 1. The van der Waals surface area contributed by atoms with Gasteiger partial charge in [0.25, 0.3) is 11.8 Å². The molecule has 4 N–H and O–H groups in total. The number of hydrogen-bond donors (Lipinski definition) is 4. The van der Waals surface area contributed by atoms with Gasteiger partial charge < -0.3 is 30.7 Å². The molecule has 46 heavy (non-hydrogen) atoms. The summed E-state index contributed by atoms with van der Waals surface area (Å²) in [7, 11) is 0. The van der Waals surface area contributed by atoms with Crippen LogP contribution >= 0.6 is 0 Å². The zero-order valence-corrected chi connectivity index (χ0v) is 27.2.